The van der Waals surface area contributed by atoms with E-state index >= 15 is 0 Å². The normalized spacial score (nSPS) is 13.1. The van der Waals surface area contributed by atoms with Gasteiger partial charge in [0, 0.05) is 71.9 Å². The number of hydrogen-bond acceptors (Lipinski definition) is 4. The first kappa shape index (κ1) is 47.2. The molecule has 0 spiro atoms. The van der Waals surface area contributed by atoms with E-state index in [1.165, 1.54) is 33.4 Å². The monoisotopic (exact) mass is 1100 g/mol. The number of para-hydroxylation sites is 1. The molecule has 2 aromatic heterocycles. The van der Waals surface area contributed by atoms with Crippen LogP contribution in [0.3, 0.4) is 0 Å². The molecular weight excluding hydrogens is 1050 g/mol. The molecule has 0 unspecified atom stereocenters. The summed E-state index contributed by atoms with van der Waals surface area (Å²) in [5.41, 5.74) is 12.6. The second kappa shape index (κ2) is 19.0. The maximum absolute atomic E-state index is 6.73. The molecule has 1 aliphatic rings. The van der Waals surface area contributed by atoms with Crippen molar-refractivity contribution in [2.75, 3.05) is 9.80 Å². The van der Waals surface area contributed by atoms with Gasteiger partial charge in [-0.15, -0.1) is 48.1 Å². The Labute approximate surface area is 433 Å². The van der Waals surface area contributed by atoms with Crippen molar-refractivity contribution in [3.05, 3.63) is 276 Å². The van der Waals surface area contributed by atoms with Gasteiger partial charge in [0.2, 0.25) is 0 Å². The molecule has 0 bridgehead atoms. The molecule has 0 amide bonds. The zero-order chi connectivity index (χ0) is 48.0. The Morgan fingerprint density at radius 2 is 1.03 bits per heavy atom. The van der Waals surface area contributed by atoms with Crippen molar-refractivity contribution in [2.24, 2.45) is 0 Å². The van der Waals surface area contributed by atoms with Crippen LogP contribution >= 0.6 is 0 Å². The first-order valence-electron chi connectivity index (χ1n) is 24.1. The van der Waals surface area contributed by atoms with Gasteiger partial charge in [0.1, 0.15) is 5.82 Å². The fourth-order valence-corrected chi connectivity index (χ4v) is 9.97. The van der Waals surface area contributed by atoms with Crippen molar-refractivity contribution in [3.63, 3.8) is 0 Å². The van der Waals surface area contributed by atoms with Gasteiger partial charge in [0.15, 0.2) is 0 Å². The molecule has 6 heteroatoms. The van der Waals surface area contributed by atoms with Crippen LogP contribution in [0.15, 0.2) is 219 Å². The number of benzene rings is 8. The van der Waals surface area contributed by atoms with E-state index in [4.69, 9.17) is 9.72 Å². The molecule has 10 aromatic rings. The van der Waals surface area contributed by atoms with Crippen LogP contribution in [0.25, 0.3) is 33.3 Å². The zero-order valence-electron chi connectivity index (χ0n) is 40.9. The molecule has 0 fully saturated rings. The third kappa shape index (κ3) is 8.89. The van der Waals surface area contributed by atoms with E-state index < -0.39 is 0 Å². The predicted molar refractivity (Wildman–Crippen MR) is 289 cm³/mol. The first-order chi connectivity index (χ1) is 33.9. The van der Waals surface area contributed by atoms with Crippen LogP contribution in [0.5, 0.6) is 11.5 Å². The molecule has 5 nitrogen and oxygen atoms in total. The zero-order valence-corrected chi connectivity index (χ0v) is 43.1. The molecule has 8 aromatic carbocycles. The summed E-state index contributed by atoms with van der Waals surface area (Å²) in [6.07, 6.45) is 4.15. The van der Waals surface area contributed by atoms with Gasteiger partial charge in [-0.2, -0.15) is 12.1 Å². The number of aromatic nitrogens is 2. The fraction of sp³-hybridized carbons (Fsp3) is 0.138. The summed E-state index contributed by atoms with van der Waals surface area (Å²) in [5.74, 6) is 2.00. The van der Waals surface area contributed by atoms with Crippen LogP contribution in [0, 0.1) is 18.8 Å². The van der Waals surface area contributed by atoms with E-state index in [0.29, 0.717) is 11.5 Å². The summed E-state index contributed by atoms with van der Waals surface area (Å²) in [6.45, 7) is 16.0. The maximum Gasteiger partial charge on any atom is 0.135 e. The Morgan fingerprint density at radius 3 is 1.65 bits per heavy atom. The van der Waals surface area contributed by atoms with E-state index in [-0.39, 0.29) is 37.3 Å². The van der Waals surface area contributed by atoms with Crippen LogP contribution in [0.2, 0.25) is 0 Å². The standard InChI is InChI=1S/C65H55N4O.Pt/c1-63(2,47-24-13-8-14-25-47)50-36-37-66-62(41-50)69-59-33-20-19-32-57(59)58-35-34-56(43-60(58)69)70-55-31-21-30-53(42-55)68-45-67(44-61(68)46-22-11-7-12-23-46)54-39-51(64(3,4)48-26-15-9-16-27-48)38-52(40-54)65(5,6)49-28-17-10-18-29-49;/h7-41,44-45H,1-6H3;/q-3;. The topological polar surface area (TPSA) is 33.5 Å². The minimum absolute atomic E-state index is 0. The molecule has 0 aliphatic carbocycles. The average Bonchev–Trinajstić information content (AvgIpc) is 4.00. The summed E-state index contributed by atoms with van der Waals surface area (Å²) < 4.78 is 8.94. The number of fused-ring (bicyclic) bond motifs is 3. The van der Waals surface area contributed by atoms with Crippen molar-refractivity contribution >= 4 is 38.9 Å². The minimum Gasteiger partial charge on any atom is -0.509 e. The van der Waals surface area contributed by atoms with E-state index in [1.54, 1.807) is 0 Å². The number of nitrogens with zero attached hydrogens (tertiary/aromatic N) is 4. The largest absolute Gasteiger partial charge is 0.509 e. The van der Waals surface area contributed by atoms with Crippen molar-refractivity contribution in [3.8, 4) is 17.3 Å². The second-order valence-electron chi connectivity index (χ2n) is 19.9. The molecule has 0 saturated heterocycles. The van der Waals surface area contributed by atoms with Crippen LogP contribution in [-0.4, -0.2) is 9.55 Å². The van der Waals surface area contributed by atoms with Crippen molar-refractivity contribution < 1.29 is 25.8 Å². The summed E-state index contributed by atoms with van der Waals surface area (Å²) >= 11 is 0. The molecule has 0 N–H and O–H groups in total. The Morgan fingerprint density at radius 1 is 0.479 bits per heavy atom. The van der Waals surface area contributed by atoms with Gasteiger partial charge in [-0.1, -0.05) is 193 Å². The molecule has 0 saturated carbocycles. The number of hydrogen-bond donors (Lipinski definition) is 0. The van der Waals surface area contributed by atoms with E-state index in [1.807, 2.05) is 24.4 Å². The molecule has 0 radical (unpaired) electrons. The molecular formula is C65H55N4OPt-3. The quantitative estimate of drug-likeness (QED) is 0.114. The van der Waals surface area contributed by atoms with Crippen LogP contribution < -0.4 is 14.5 Å². The number of pyridine rings is 1. The Hall–Kier alpha value is -7.46. The summed E-state index contributed by atoms with van der Waals surface area (Å²) in [4.78, 5) is 9.42. The van der Waals surface area contributed by atoms with Gasteiger partial charge in [-0.05, 0) is 80.9 Å². The summed E-state index contributed by atoms with van der Waals surface area (Å²) in [7, 11) is 0. The van der Waals surface area contributed by atoms with Crippen LogP contribution in [0.4, 0.5) is 11.4 Å². The number of rotatable bonds is 12. The molecule has 354 valence electrons. The minimum atomic E-state index is -0.266. The van der Waals surface area contributed by atoms with Gasteiger partial charge in [-0.25, -0.2) is 4.98 Å². The van der Waals surface area contributed by atoms with E-state index in [2.05, 4.69) is 269 Å². The van der Waals surface area contributed by atoms with Gasteiger partial charge >= 0.3 is 0 Å². The molecule has 3 heterocycles. The molecule has 0 atom stereocenters. The maximum atomic E-state index is 6.73. The summed E-state index contributed by atoms with van der Waals surface area (Å²) in [6, 6.07) is 80.3. The first-order valence-corrected chi connectivity index (χ1v) is 24.1. The molecule has 71 heavy (non-hydrogen) atoms. The van der Waals surface area contributed by atoms with Gasteiger partial charge in [0.25, 0.3) is 0 Å². The fourth-order valence-electron chi connectivity index (χ4n) is 9.97. The van der Waals surface area contributed by atoms with Gasteiger partial charge in [0.05, 0.1) is 0 Å². The van der Waals surface area contributed by atoms with E-state index in [9.17, 15) is 0 Å². The van der Waals surface area contributed by atoms with E-state index in [0.717, 1.165) is 50.3 Å². The Kier molecular flexibility index (Phi) is 12.7. The van der Waals surface area contributed by atoms with Gasteiger partial charge in [-0.3, -0.25) is 0 Å². The third-order valence-corrected chi connectivity index (χ3v) is 14.5. The van der Waals surface area contributed by atoms with Crippen LogP contribution in [0.1, 0.15) is 80.5 Å². The predicted octanol–water partition coefficient (Wildman–Crippen LogP) is 16.0. The SMILES string of the molecule is CC(C)(c1ccccc1)c1cc(N2C=C(c3ccccc3)N(c3[c-]c(Oc4[c-]c5c(cc4)c4ccccc4n5-c4cc(C(C)(C)c5ccccc5)ccn4)ccc3)[CH-]2)cc(C(C)(C)c2ccccc2)c1.[Pt]. The number of ether oxygens (including phenoxy) is 1. The molecule has 11 rings (SSSR count). The average molecular weight is 1100 g/mol. The molecule has 1 aliphatic heterocycles. The van der Waals surface area contributed by atoms with Crippen molar-refractivity contribution in [1.82, 2.24) is 9.55 Å². The smallest absolute Gasteiger partial charge is 0.135 e. The summed E-state index contributed by atoms with van der Waals surface area (Å²) in [5, 5.41) is 2.20. The van der Waals surface area contributed by atoms with Crippen LogP contribution in [-0.2, 0) is 37.3 Å². The Bertz CT molecular complexity index is 3460. The Balaban J connectivity index is 0.00000582. The number of anilines is 2. The van der Waals surface area contributed by atoms with Crippen molar-refractivity contribution in [2.45, 2.75) is 57.8 Å². The van der Waals surface area contributed by atoms with Crippen molar-refractivity contribution in [1.29, 1.82) is 0 Å². The third-order valence-electron chi connectivity index (χ3n) is 14.5. The second-order valence-corrected chi connectivity index (χ2v) is 19.9. The van der Waals surface area contributed by atoms with Gasteiger partial charge < -0.3 is 19.1 Å².